The number of hydrogen-bond acceptors (Lipinski definition) is 2. The molecule has 0 aliphatic rings. The molecule has 0 heterocycles. The minimum Gasteiger partial charge on any atom is -0.494 e. The van der Waals surface area contributed by atoms with Crippen LogP contribution < -0.4 is 9.47 Å². The van der Waals surface area contributed by atoms with Crippen LogP contribution in [0, 0.1) is 0 Å². The normalized spacial score (nSPS) is 10.6. The van der Waals surface area contributed by atoms with Gasteiger partial charge in [-0.05, 0) is 43.5 Å². The Labute approximate surface area is 150 Å². The standard InChI is InChI=1S/C21H27ClO2/c1-2-23-19-12-10-11-18(17-19)20-13-6-7-14-21(20)24-16-9-5-3-4-8-15-22/h6-7,10-14,17H,2-5,8-9,15-16H2,1H3. The van der Waals surface area contributed by atoms with Crippen LogP contribution in [-0.4, -0.2) is 19.1 Å². The van der Waals surface area contributed by atoms with E-state index in [-0.39, 0.29) is 0 Å². The van der Waals surface area contributed by atoms with Crippen LogP contribution in [0.1, 0.15) is 39.0 Å². The number of hydrogen-bond donors (Lipinski definition) is 0. The smallest absolute Gasteiger partial charge is 0.127 e. The van der Waals surface area contributed by atoms with Gasteiger partial charge in [0.2, 0.25) is 0 Å². The lowest BCUT2D eigenvalue weighted by Gasteiger charge is -2.12. The number of alkyl halides is 1. The predicted octanol–water partition coefficient (Wildman–Crippen LogP) is 6.32. The molecule has 0 atom stereocenters. The molecule has 0 aliphatic carbocycles. The van der Waals surface area contributed by atoms with Crippen molar-refractivity contribution < 1.29 is 9.47 Å². The fourth-order valence-corrected chi connectivity index (χ4v) is 2.85. The van der Waals surface area contributed by atoms with Gasteiger partial charge in [-0.2, -0.15) is 0 Å². The van der Waals surface area contributed by atoms with Crippen molar-refractivity contribution >= 4 is 11.6 Å². The summed E-state index contributed by atoms with van der Waals surface area (Å²) in [5, 5.41) is 0. The van der Waals surface area contributed by atoms with Gasteiger partial charge in [0.25, 0.3) is 0 Å². The molecular weight excluding hydrogens is 320 g/mol. The second kappa shape index (κ2) is 11.0. The molecule has 130 valence electrons. The number of unbranched alkanes of at least 4 members (excludes halogenated alkanes) is 4. The molecule has 0 radical (unpaired) electrons. The van der Waals surface area contributed by atoms with Gasteiger partial charge >= 0.3 is 0 Å². The molecule has 3 heteroatoms. The summed E-state index contributed by atoms with van der Waals surface area (Å²) in [4.78, 5) is 0. The molecule has 0 N–H and O–H groups in total. The maximum Gasteiger partial charge on any atom is 0.127 e. The van der Waals surface area contributed by atoms with E-state index in [9.17, 15) is 0 Å². The van der Waals surface area contributed by atoms with Crippen LogP contribution in [0.5, 0.6) is 11.5 Å². The number of rotatable bonds is 11. The van der Waals surface area contributed by atoms with Crippen LogP contribution in [0.2, 0.25) is 0 Å². The maximum absolute atomic E-state index is 6.03. The SMILES string of the molecule is CCOc1cccc(-c2ccccc2OCCCCCCCCl)c1. The van der Waals surface area contributed by atoms with Crippen molar-refractivity contribution in [3.8, 4) is 22.6 Å². The molecule has 0 aromatic heterocycles. The van der Waals surface area contributed by atoms with E-state index in [1.165, 1.54) is 19.3 Å². The first-order valence-corrected chi connectivity index (χ1v) is 9.39. The van der Waals surface area contributed by atoms with E-state index in [2.05, 4.69) is 18.2 Å². The number of para-hydroxylation sites is 1. The van der Waals surface area contributed by atoms with Gasteiger partial charge in [0.05, 0.1) is 13.2 Å². The molecule has 2 rings (SSSR count). The Morgan fingerprint density at radius 1 is 0.833 bits per heavy atom. The van der Waals surface area contributed by atoms with Crippen molar-refractivity contribution in [2.75, 3.05) is 19.1 Å². The number of halogens is 1. The van der Waals surface area contributed by atoms with Crippen LogP contribution in [0.4, 0.5) is 0 Å². The third-order valence-electron chi connectivity index (χ3n) is 3.88. The molecule has 0 spiro atoms. The highest BCUT2D eigenvalue weighted by Crippen LogP contribution is 2.32. The highest BCUT2D eigenvalue weighted by atomic mass is 35.5. The average molecular weight is 347 g/mol. The summed E-state index contributed by atoms with van der Waals surface area (Å²) in [5.74, 6) is 2.60. The monoisotopic (exact) mass is 346 g/mol. The summed E-state index contributed by atoms with van der Waals surface area (Å²) in [6, 6.07) is 16.4. The van der Waals surface area contributed by atoms with E-state index < -0.39 is 0 Å². The zero-order valence-electron chi connectivity index (χ0n) is 14.5. The van der Waals surface area contributed by atoms with Gasteiger partial charge in [0, 0.05) is 11.4 Å². The number of benzene rings is 2. The molecule has 0 fully saturated rings. The van der Waals surface area contributed by atoms with Crippen LogP contribution >= 0.6 is 11.6 Å². The van der Waals surface area contributed by atoms with Gasteiger partial charge in [-0.25, -0.2) is 0 Å². The third kappa shape index (κ3) is 6.09. The summed E-state index contributed by atoms with van der Waals surface area (Å²) in [5.41, 5.74) is 2.24. The second-order valence-corrected chi connectivity index (χ2v) is 6.14. The Balaban J connectivity index is 1.94. The Hall–Kier alpha value is -1.67. The van der Waals surface area contributed by atoms with Crippen LogP contribution in [0.3, 0.4) is 0 Å². The molecule has 0 saturated heterocycles. The average Bonchev–Trinajstić information content (AvgIpc) is 2.62. The summed E-state index contributed by atoms with van der Waals surface area (Å²) in [6.45, 7) is 3.42. The van der Waals surface area contributed by atoms with Gasteiger partial charge in [0.15, 0.2) is 0 Å². The maximum atomic E-state index is 6.03. The predicted molar refractivity (Wildman–Crippen MR) is 102 cm³/mol. The first-order valence-electron chi connectivity index (χ1n) is 8.86. The van der Waals surface area contributed by atoms with E-state index in [0.717, 1.165) is 48.0 Å². The highest BCUT2D eigenvalue weighted by Gasteiger charge is 2.07. The first kappa shape index (κ1) is 18.7. The minimum absolute atomic E-state index is 0.672. The molecule has 2 nitrogen and oxygen atoms in total. The largest absolute Gasteiger partial charge is 0.494 e. The molecule has 2 aromatic carbocycles. The molecule has 0 aliphatic heterocycles. The lowest BCUT2D eigenvalue weighted by Crippen LogP contribution is -1.99. The highest BCUT2D eigenvalue weighted by molar-refractivity contribution is 6.17. The van der Waals surface area contributed by atoms with Gasteiger partial charge in [-0.1, -0.05) is 49.6 Å². The Morgan fingerprint density at radius 2 is 1.62 bits per heavy atom. The third-order valence-corrected chi connectivity index (χ3v) is 4.15. The number of ether oxygens (including phenoxy) is 2. The lowest BCUT2D eigenvalue weighted by molar-refractivity contribution is 0.305. The fraction of sp³-hybridized carbons (Fsp3) is 0.429. The van der Waals surface area contributed by atoms with Crippen molar-refractivity contribution in [2.24, 2.45) is 0 Å². The van der Waals surface area contributed by atoms with Crippen molar-refractivity contribution in [1.29, 1.82) is 0 Å². The zero-order chi connectivity index (χ0) is 17.0. The van der Waals surface area contributed by atoms with Gasteiger partial charge in [-0.15, -0.1) is 11.6 Å². The van der Waals surface area contributed by atoms with Crippen molar-refractivity contribution in [3.05, 3.63) is 48.5 Å². The van der Waals surface area contributed by atoms with E-state index in [1.807, 2.05) is 37.3 Å². The molecular formula is C21H27ClO2. The summed E-state index contributed by atoms with van der Waals surface area (Å²) < 4.78 is 11.6. The van der Waals surface area contributed by atoms with E-state index in [4.69, 9.17) is 21.1 Å². The van der Waals surface area contributed by atoms with E-state index in [1.54, 1.807) is 0 Å². The minimum atomic E-state index is 0.672. The van der Waals surface area contributed by atoms with Crippen LogP contribution in [0.25, 0.3) is 11.1 Å². The quantitative estimate of drug-likeness (QED) is 0.350. The van der Waals surface area contributed by atoms with Gasteiger partial charge in [-0.3, -0.25) is 0 Å². The Kier molecular flexibility index (Phi) is 8.54. The van der Waals surface area contributed by atoms with Gasteiger partial charge in [0.1, 0.15) is 11.5 Å². The summed E-state index contributed by atoms with van der Waals surface area (Å²) in [6.07, 6.45) is 5.83. The van der Waals surface area contributed by atoms with Crippen molar-refractivity contribution in [2.45, 2.75) is 39.0 Å². The van der Waals surface area contributed by atoms with Gasteiger partial charge < -0.3 is 9.47 Å². The molecule has 0 saturated carbocycles. The van der Waals surface area contributed by atoms with Crippen LogP contribution in [-0.2, 0) is 0 Å². The summed E-state index contributed by atoms with van der Waals surface area (Å²) in [7, 11) is 0. The molecule has 2 aromatic rings. The Morgan fingerprint density at radius 3 is 2.46 bits per heavy atom. The molecule has 0 bridgehead atoms. The van der Waals surface area contributed by atoms with E-state index in [0.29, 0.717) is 6.61 Å². The fourth-order valence-electron chi connectivity index (χ4n) is 2.66. The Bertz CT molecular complexity index is 598. The molecule has 0 amide bonds. The lowest BCUT2D eigenvalue weighted by atomic mass is 10.0. The molecule has 24 heavy (non-hydrogen) atoms. The zero-order valence-corrected chi connectivity index (χ0v) is 15.2. The topological polar surface area (TPSA) is 18.5 Å². The summed E-state index contributed by atoms with van der Waals surface area (Å²) >= 11 is 5.69. The molecule has 0 unspecified atom stereocenters. The van der Waals surface area contributed by atoms with Crippen molar-refractivity contribution in [3.63, 3.8) is 0 Å². The first-order chi connectivity index (χ1) is 11.8. The van der Waals surface area contributed by atoms with Crippen molar-refractivity contribution in [1.82, 2.24) is 0 Å². The van der Waals surface area contributed by atoms with Crippen LogP contribution in [0.15, 0.2) is 48.5 Å². The van der Waals surface area contributed by atoms with E-state index >= 15 is 0 Å². The second-order valence-electron chi connectivity index (χ2n) is 5.76.